The third-order valence-corrected chi connectivity index (χ3v) is 2.89. The molecule has 0 unspecified atom stereocenters. The molecular weight excluding hydrogens is 270 g/mol. The fraction of sp³-hybridized carbons (Fsp3) is 0.312. The Kier molecular flexibility index (Phi) is 5.40. The van der Waals surface area contributed by atoms with Crippen molar-refractivity contribution in [2.45, 2.75) is 19.8 Å². The summed E-state index contributed by atoms with van der Waals surface area (Å²) in [5.41, 5.74) is 0.715. The van der Waals surface area contributed by atoms with Gasteiger partial charge in [-0.15, -0.1) is 0 Å². The van der Waals surface area contributed by atoms with Crippen molar-refractivity contribution in [1.29, 1.82) is 0 Å². The molecule has 0 fully saturated rings. The molecule has 0 aliphatic heterocycles. The molecule has 5 heteroatoms. The Labute approximate surface area is 123 Å². The third-order valence-electron chi connectivity index (χ3n) is 2.89. The molecule has 0 saturated heterocycles. The lowest BCUT2D eigenvalue weighted by Crippen LogP contribution is -2.12. The highest BCUT2D eigenvalue weighted by Crippen LogP contribution is 2.16. The highest BCUT2D eigenvalue weighted by atomic mass is 16.5. The number of furan rings is 1. The van der Waals surface area contributed by atoms with E-state index >= 15 is 0 Å². The highest BCUT2D eigenvalue weighted by molar-refractivity contribution is 5.90. The lowest BCUT2D eigenvalue weighted by atomic mass is 10.2. The molecule has 5 nitrogen and oxygen atoms in total. The molecular formula is C16H19NO4. The van der Waals surface area contributed by atoms with Crippen molar-refractivity contribution in [2.75, 3.05) is 18.5 Å². The van der Waals surface area contributed by atoms with E-state index in [1.807, 2.05) is 19.1 Å². The van der Waals surface area contributed by atoms with Gasteiger partial charge in [0, 0.05) is 18.5 Å². The van der Waals surface area contributed by atoms with Gasteiger partial charge in [-0.3, -0.25) is 4.79 Å². The van der Waals surface area contributed by atoms with Crippen LogP contribution in [0, 0.1) is 6.92 Å². The van der Waals surface area contributed by atoms with Gasteiger partial charge in [0.1, 0.15) is 23.9 Å². The predicted octanol–water partition coefficient (Wildman–Crippen LogP) is 2.53. The highest BCUT2D eigenvalue weighted by Gasteiger charge is 2.05. The number of carbonyl (C=O) groups excluding carboxylic acids is 1. The summed E-state index contributed by atoms with van der Waals surface area (Å²) in [6.45, 7) is 2.11. The van der Waals surface area contributed by atoms with Crippen LogP contribution in [0.1, 0.15) is 17.9 Å². The Morgan fingerprint density at radius 2 is 2.00 bits per heavy atom. The van der Waals surface area contributed by atoms with Gasteiger partial charge in [-0.1, -0.05) is 0 Å². The van der Waals surface area contributed by atoms with Crippen LogP contribution in [0.3, 0.4) is 0 Å². The second kappa shape index (κ2) is 7.50. The number of aryl methyl sites for hydroxylation is 2. The molecule has 2 aromatic rings. The summed E-state index contributed by atoms with van der Waals surface area (Å²) in [5, 5.41) is 11.5. The van der Waals surface area contributed by atoms with Crippen LogP contribution in [0.15, 0.2) is 40.8 Å². The third kappa shape index (κ3) is 4.96. The number of benzene rings is 1. The Morgan fingerprint density at radius 3 is 2.62 bits per heavy atom. The van der Waals surface area contributed by atoms with Gasteiger partial charge in [0.15, 0.2) is 0 Å². The fourth-order valence-electron chi connectivity index (χ4n) is 1.88. The summed E-state index contributed by atoms with van der Waals surface area (Å²) >= 11 is 0. The van der Waals surface area contributed by atoms with Crippen LogP contribution >= 0.6 is 0 Å². The van der Waals surface area contributed by atoms with Crippen LogP contribution in [0.2, 0.25) is 0 Å². The summed E-state index contributed by atoms with van der Waals surface area (Å²) < 4.78 is 10.7. The molecule has 0 bridgehead atoms. The van der Waals surface area contributed by atoms with Gasteiger partial charge in [-0.25, -0.2) is 0 Å². The lowest BCUT2D eigenvalue weighted by Gasteiger charge is -2.07. The summed E-state index contributed by atoms with van der Waals surface area (Å²) in [6.07, 6.45) is 0.951. The van der Waals surface area contributed by atoms with Crippen LogP contribution in [0.25, 0.3) is 0 Å². The molecule has 2 rings (SSSR count). The number of hydrogen-bond donors (Lipinski definition) is 2. The zero-order chi connectivity index (χ0) is 15.1. The fourth-order valence-corrected chi connectivity index (χ4v) is 1.88. The summed E-state index contributed by atoms with van der Waals surface area (Å²) in [6, 6.07) is 10.8. The van der Waals surface area contributed by atoms with E-state index in [0.29, 0.717) is 24.3 Å². The van der Waals surface area contributed by atoms with Gasteiger partial charge in [0.25, 0.3) is 0 Å². The Hall–Kier alpha value is -2.27. The molecule has 112 valence electrons. The molecule has 0 spiro atoms. The first-order chi connectivity index (χ1) is 10.2. The van der Waals surface area contributed by atoms with E-state index in [9.17, 15) is 4.79 Å². The van der Waals surface area contributed by atoms with Crippen LogP contribution < -0.4 is 10.1 Å². The standard InChI is InChI=1S/C16H19NO4/c1-12-2-5-15(21-12)8-9-16(19)17-13-3-6-14(7-4-13)20-11-10-18/h2-7,18H,8-11H2,1H3,(H,17,19). The minimum absolute atomic E-state index is 0.0231. The van der Waals surface area contributed by atoms with Crippen molar-refractivity contribution in [2.24, 2.45) is 0 Å². The SMILES string of the molecule is Cc1ccc(CCC(=O)Nc2ccc(OCCO)cc2)o1. The minimum Gasteiger partial charge on any atom is -0.491 e. The number of aliphatic hydroxyl groups excluding tert-OH is 1. The molecule has 0 radical (unpaired) electrons. The maximum absolute atomic E-state index is 11.8. The van der Waals surface area contributed by atoms with Gasteiger partial charge >= 0.3 is 0 Å². The first-order valence-corrected chi connectivity index (χ1v) is 6.86. The van der Waals surface area contributed by atoms with Crippen molar-refractivity contribution < 1.29 is 19.1 Å². The summed E-state index contributed by atoms with van der Waals surface area (Å²) in [4.78, 5) is 11.8. The number of amides is 1. The molecule has 0 aliphatic carbocycles. The van der Waals surface area contributed by atoms with Crippen LogP contribution in [0.4, 0.5) is 5.69 Å². The van der Waals surface area contributed by atoms with E-state index in [1.165, 1.54) is 0 Å². The van der Waals surface area contributed by atoms with E-state index in [2.05, 4.69) is 5.32 Å². The van der Waals surface area contributed by atoms with E-state index in [-0.39, 0.29) is 19.1 Å². The van der Waals surface area contributed by atoms with E-state index < -0.39 is 0 Å². The first-order valence-electron chi connectivity index (χ1n) is 6.86. The van der Waals surface area contributed by atoms with E-state index in [1.54, 1.807) is 24.3 Å². The lowest BCUT2D eigenvalue weighted by molar-refractivity contribution is -0.116. The second-order valence-electron chi connectivity index (χ2n) is 4.66. The number of rotatable bonds is 7. The number of carbonyl (C=O) groups is 1. The maximum Gasteiger partial charge on any atom is 0.224 e. The Morgan fingerprint density at radius 1 is 1.24 bits per heavy atom. The molecule has 0 aliphatic rings. The smallest absolute Gasteiger partial charge is 0.224 e. The van der Waals surface area contributed by atoms with Gasteiger partial charge in [0.05, 0.1) is 6.61 Å². The summed E-state index contributed by atoms with van der Waals surface area (Å²) in [5.74, 6) is 2.26. The molecule has 0 atom stereocenters. The average molecular weight is 289 g/mol. The molecule has 1 aromatic heterocycles. The van der Waals surface area contributed by atoms with Gasteiger partial charge in [-0.05, 0) is 43.3 Å². The first kappa shape index (κ1) is 15.1. The molecule has 1 amide bonds. The Bertz CT molecular complexity index is 574. The normalized spacial score (nSPS) is 10.4. The second-order valence-corrected chi connectivity index (χ2v) is 4.66. The monoisotopic (exact) mass is 289 g/mol. The zero-order valence-corrected chi connectivity index (χ0v) is 12.0. The van der Waals surface area contributed by atoms with E-state index in [0.717, 1.165) is 11.5 Å². The number of ether oxygens (including phenoxy) is 1. The maximum atomic E-state index is 11.8. The van der Waals surface area contributed by atoms with Gasteiger partial charge < -0.3 is 19.6 Å². The quantitative estimate of drug-likeness (QED) is 0.821. The van der Waals surface area contributed by atoms with Crippen molar-refractivity contribution >= 4 is 11.6 Å². The number of nitrogens with one attached hydrogen (secondary N) is 1. The van der Waals surface area contributed by atoms with Crippen molar-refractivity contribution in [3.05, 3.63) is 47.9 Å². The number of hydrogen-bond acceptors (Lipinski definition) is 4. The topological polar surface area (TPSA) is 71.7 Å². The number of anilines is 1. The zero-order valence-electron chi connectivity index (χ0n) is 12.0. The van der Waals surface area contributed by atoms with Gasteiger partial charge in [-0.2, -0.15) is 0 Å². The van der Waals surface area contributed by atoms with Crippen molar-refractivity contribution in [3.8, 4) is 5.75 Å². The predicted molar refractivity (Wildman–Crippen MR) is 79.4 cm³/mol. The van der Waals surface area contributed by atoms with Crippen LogP contribution in [-0.2, 0) is 11.2 Å². The number of aliphatic hydroxyl groups is 1. The van der Waals surface area contributed by atoms with Crippen LogP contribution in [0.5, 0.6) is 5.75 Å². The molecule has 2 N–H and O–H groups in total. The molecule has 0 saturated carbocycles. The molecule has 21 heavy (non-hydrogen) atoms. The van der Waals surface area contributed by atoms with E-state index in [4.69, 9.17) is 14.3 Å². The van der Waals surface area contributed by atoms with Crippen molar-refractivity contribution in [3.63, 3.8) is 0 Å². The van der Waals surface area contributed by atoms with Crippen molar-refractivity contribution in [1.82, 2.24) is 0 Å². The van der Waals surface area contributed by atoms with Gasteiger partial charge in [0.2, 0.25) is 5.91 Å². The molecule has 1 aromatic carbocycles. The Balaban J connectivity index is 1.79. The summed E-state index contributed by atoms with van der Waals surface area (Å²) in [7, 11) is 0. The largest absolute Gasteiger partial charge is 0.491 e. The average Bonchev–Trinajstić information content (AvgIpc) is 2.90. The minimum atomic E-state index is -0.0620. The van der Waals surface area contributed by atoms with Crippen LogP contribution in [-0.4, -0.2) is 24.2 Å². The molecule has 1 heterocycles.